The molecule has 118 valence electrons. The predicted octanol–water partition coefficient (Wildman–Crippen LogP) is 0.102. The van der Waals surface area contributed by atoms with Gasteiger partial charge in [0.1, 0.15) is 12.5 Å². The number of oxime groups is 1. The van der Waals surface area contributed by atoms with E-state index in [0.717, 1.165) is 0 Å². The van der Waals surface area contributed by atoms with Crippen LogP contribution >= 0.6 is 8.38 Å². The largest absolute Gasteiger partial charge is 0.386 e. The number of rotatable bonds is 7. The first-order valence-electron chi connectivity index (χ1n) is 6.16. The minimum Gasteiger partial charge on any atom is -0.386 e. The van der Waals surface area contributed by atoms with Crippen molar-refractivity contribution in [3.63, 3.8) is 0 Å². The summed E-state index contributed by atoms with van der Waals surface area (Å²) in [4.78, 5) is 45.3. The molecule has 1 rings (SSSR count). The summed E-state index contributed by atoms with van der Waals surface area (Å²) >= 11 is 0. The molecule has 2 amide bonds. The highest BCUT2D eigenvalue weighted by Gasteiger charge is 2.30. The standard InChI is InChI=1S/C11H18N3O6P/c1-12-11(16)14(5-2-6-15)10-4-3-9(20-10)7-13-19-8-21(17)18/h2,5-7,9-10,17-18H,3-4,8H2,1H3,(H,12,16)/b5-2-,13-7+. The Kier molecular flexibility index (Phi) is 7.84. The molecule has 10 heteroatoms. The number of carbonyl (C=O) groups is 2. The molecule has 1 aliphatic rings. The summed E-state index contributed by atoms with van der Waals surface area (Å²) in [6.07, 6.45) is 4.57. The molecule has 2 atom stereocenters. The Labute approximate surface area is 123 Å². The van der Waals surface area contributed by atoms with E-state index >= 15 is 0 Å². The van der Waals surface area contributed by atoms with Crippen LogP contribution in [0.2, 0.25) is 0 Å². The number of hydrogen-bond donors (Lipinski definition) is 3. The molecule has 3 N–H and O–H groups in total. The van der Waals surface area contributed by atoms with E-state index in [4.69, 9.17) is 14.5 Å². The summed E-state index contributed by atoms with van der Waals surface area (Å²) in [7, 11) is -0.661. The Bertz CT molecular complexity index is 403. The molecule has 0 aliphatic carbocycles. The average Bonchev–Trinajstić information content (AvgIpc) is 2.92. The van der Waals surface area contributed by atoms with Crippen LogP contribution in [0.3, 0.4) is 0 Å². The van der Waals surface area contributed by atoms with Gasteiger partial charge in [-0.25, -0.2) is 4.79 Å². The molecule has 0 saturated carbocycles. The van der Waals surface area contributed by atoms with Gasteiger partial charge in [0, 0.05) is 13.2 Å². The second-order valence-electron chi connectivity index (χ2n) is 4.03. The molecule has 1 heterocycles. The van der Waals surface area contributed by atoms with Crippen LogP contribution < -0.4 is 5.32 Å². The maximum atomic E-state index is 11.7. The number of hydrogen-bond acceptors (Lipinski definition) is 7. The van der Waals surface area contributed by atoms with Crippen LogP contribution in [0.4, 0.5) is 4.79 Å². The van der Waals surface area contributed by atoms with Gasteiger partial charge >= 0.3 is 6.03 Å². The van der Waals surface area contributed by atoms with Crippen LogP contribution in [0.5, 0.6) is 0 Å². The van der Waals surface area contributed by atoms with E-state index in [2.05, 4.69) is 15.3 Å². The first-order chi connectivity index (χ1) is 10.1. The van der Waals surface area contributed by atoms with Gasteiger partial charge in [-0.2, -0.15) is 0 Å². The SMILES string of the molecule is CNC(=O)N(/C=C\C=O)C1CCC(/C=N/OCP(O)O)O1. The van der Waals surface area contributed by atoms with E-state index < -0.39 is 20.6 Å². The molecule has 9 nitrogen and oxygen atoms in total. The number of nitrogens with one attached hydrogen (secondary N) is 1. The van der Waals surface area contributed by atoms with Crippen LogP contribution in [0.25, 0.3) is 0 Å². The quantitative estimate of drug-likeness (QED) is 0.201. The Morgan fingerprint density at radius 3 is 2.95 bits per heavy atom. The predicted molar refractivity (Wildman–Crippen MR) is 75.2 cm³/mol. The molecule has 21 heavy (non-hydrogen) atoms. The second-order valence-corrected chi connectivity index (χ2v) is 5.03. The normalized spacial score (nSPS) is 22.1. The van der Waals surface area contributed by atoms with Crippen molar-refractivity contribution >= 4 is 26.9 Å². The monoisotopic (exact) mass is 319 g/mol. The Morgan fingerprint density at radius 2 is 2.33 bits per heavy atom. The number of nitrogens with zero attached hydrogens (tertiary/aromatic N) is 2. The van der Waals surface area contributed by atoms with Crippen LogP contribution in [0, 0.1) is 0 Å². The third kappa shape index (κ3) is 6.17. The van der Waals surface area contributed by atoms with E-state index in [-0.39, 0.29) is 12.5 Å². The summed E-state index contributed by atoms with van der Waals surface area (Å²) in [6, 6.07) is -0.391. The second kappa shape index (κ2) is 9.41. The highest BCUT2D eigenvalue weighted by atomic mass is 31.2. The van der Waals surface area contributed by atoms with E-state index in [1.54, 1.807) is 0 Å². The van der Waals surface area contributed by atoms with Crippen molar-refractivity contribution < 1.29 is 29.0 Å². The minimum atomic E-state index is -2.14. The lowest BCUT2D eigenvalue weighted by Gasteiger charge is -2.24. The topological polar surface area (TPSA) is 121 Å². The van der Waals surface area contributed by atoms with Crippen LogP contribution in [0.15, 0.2) is 17.4 Å². The maximum Gasteiger partial charge on any atom is 0.323 e. The van der Waals surface area contributed by atoms with Gasteiger partial charge in [-0.1, -0.05) is 5.16 Å². The zero-order valence-corrected chi connectivity index (χ0v) is 12.3. The Hall–Kier alpha value is -1.54. The summed E-state index contributed by atoms with van der Waals surface area (Å²) < 4.78 is 5.60. The molecule has 0 aromatic carbocycles. The molecule has 0 radical (unpaired) electrons. The van der Waals surface area contributed by atoms with Crippen molar-refractivity contribution in [1.82, 2.24) is 10.2 Å². The number of ether oxygens (including phenoxy) is 1. The first-order valence-corrected chi connectivity index (χ1v) is 7.60. The molecule has 1 saturated heterocycles. The van der Waals surface area contributed by atoms with Crippen molar-refractivity contribution in [3.8, 4) is 0 Å². The summed E-state index contributed by atoms with van der Waals surface area (Å²) in [5, 5.41) is 6.03. The number of urea groups is 1. The number of allylic oxidation sites excluding steroid dienone is 1. The molecule has 2 unspecified atom stereocenters. The van der Waals surface area contributed by atoms with Gasteiger partial charge in [-0.15, -0.1) is 0 Å². The van der Waals surface area contributed by atoms with Gasteiger partial charge in [0.15, 0.2) is 6.35 Å². The molecule has 1 fully saturated rings. The molecule has 0 bridgehead atoms. The Balaban J connectivity index is 2.51. The van der Waals surface area contributed by atoms with Gasteiger partial charge in [0.05, 0.1) is 12.3 Å². The fourth-order valence-electron chi connectivity index (χ4n) is 1.71. The Morgan fingerprint density at radius 1 is 1.57 bits per heavy atom. The summed E-state index contributed by atoms with van der Waals surface area (Å²) in [5.74, 6) is 0. The van der Waals surface area contributed by atoms with Gasteiger partial charge < -0.3 is 24.7 Å². The van der Waals surface area contributed by atoms with Gasteiger partial charge in [0.25, 0.3) is 0 Å². The zero-order chi connectivity index (χ0) is 15.7. The van der Waals surface area contributed by atoms with E-state index in [0.29, 0.717) is 19.1 Å². The average molecular weight is 319 g/mol. The van der Waals surface area contributed by atoms with Crippen molar-refractivity contribution in [2.75, 3.05) is 13.4 Å². The fourth-order valence-corrected chi connectivity index (χ4v) is 1.88. The van der Waals surface area contributed by atoms with E-state index in [1.807, 2.05) is 0 Å². The lowest BCUT2D eigenvalue weighted by Crippen LogP contribution is -2.41. The minimum absolute atomic E-state index is 0.269. The highest BCUT2D eigenvalue weighted by Crippen LogP contribution is 2.23. The fraction of sp³-hybridized carbons (Fsp3) is 0.545. The van der Waals surface area contributed by atoms with E-state index in [9.17, 15) is 9.59 Å². The van der Waals surface area contributed by atoms with Crippen molar-refractivity contribution in [2.45, 2.75) is 25.2 Å². The smallest absolute Gasteiger partial charge is 0.323 e. The third-order valence-corrected chi connectivity index (χ3v) is 2.94. The number of amides is 2. The highest BCUT2D eigenvalue weighted by molar-refractivity contribution is 7.44. The summed E-state index contributed by atoms with van der Waals surface area (Å²) in [6.45, 7) is 0. The lowest BCUT2D eigenvalue weighted by atomic mass is 10.2. The van der Waals surface area contributed by atoms with Gasteiger partial charge in [0.2, 0.25) is 8.38 Å². The van der Waals surface area contributed by atoms with Gasteiger partial charge in [-0.3, -0.25) is 9.69 Å². The molecule has 0 aromatic rings. The molecular weight excluding hydrogens is 301 g/mol. The molecule has 1 aliphatic heterocycles. The number of aldehydes is 1. The zero-order valence-electron chi connectivity index (χ0n) is 11.5. The maximum absolute atomic E-state index is 11.7. The molecule has 0 aromatic heterocycles. The van der Waals surface area contributed by atoms with Crippen LogP contribution in [0.1, 0.15) is 12.8 Å². The van der Waals surface area contributed by atoms with Crippen molar-refractivity contribution in [1.29, 1.82) is 0 Å². The summed E-state index contributed by atoms with van der Waals surface area (Å²) in [5.41, 5.74) is 0. The van der Waals surface area contributed by atoms with Crippen molar-refractivity contribution in [3.05, 3.63) is 12.3 Å². The van der Waals surface area contributed by atoms with Crippen molar-refractivity contribution in [2.24, 2.45) is 5.16 Å². The van der Waals surface area contributed by atoms with Crippen LogP contribution in [-0.4, -0.2) is 58.9 Å². The molecular formula is C11H18N3O6P. The first kappa shape index (κ1) is 17.5. The third-order valence-electron chi connectivity index (χ3n) is 2.59. The lowest BCUT2D eigenvalue weighted by molar-refractivity contribution is -0.104. The van der Waals surface area contributed by atoms with E-state index in [1.165, 1.54) is 30.4 Å². The van der Waals surface area contributed by atoms with Crippen LogP contribution in [-0.2, 0) is 14.4 Å². The van der Waals surface area contributed by atoms with Gasteiger partial charge in [-0.05, 0) is 18.9 Å². The number of carbonyl (C=O) groups excluding carboxylic acids is 2. The molecule has 0 spiro atoms.